The first kappa shape index (κ1) is 20.7. The lowest BCUT2D eigenvalue weighted by Crippen LogP contribution is -2.35. The number of anilines is 1. The van der Waals surface area contributed by atoms with Crippen LogP contribution in [0.4, 0.5) is 5.69 Å². The molecule has 2 aromatic rings. The summed E-state index contributed by atoms with van der Waals surface area (Å²) in [5.41, 5.74) is 2.78. The Morgan fingerprint density at radius 3 is 2.61 bits per heavy atom. The lowest BCUT2D eigenvalue weighted by Gasteiger charge is -2.19. The molecule has 0 N–H and O–H groups in total. The molecule has 8 heteroatoms. The maximum absolute atomic E-state index is 13.5. The van der Waals surface area contributed by atoms with Crippen molar-refractivity contribution in [2.24, 2.45) is 0 Å². The Morgan fingerprint density at radius 2 is 1.84 bits per heavy atom. The summed E-state index contributed by atoms with van der Waals surface area (Å²) in [6, 6.07) is 15.0. The SMILES string of the molecule is O=C1/C(=C2/C(=O)N(Cc3ccccc3Cl)c3ccccc32)SC(=S)N1CC1CCCO1. The molecule has 158 valence electrons. The van der Waals surface area contributed by atoms with E-state index in [1.54, 1.807) is 15.9 Å². The second-order valence-corrected chi connectivity index (χ2v) is 9.67. The molecule has 2 fully saturated rings. The first-order valence-corrected chi connectivity index (χ1v) is 11.7. The van der Waals surface area contributed by atoms with Crippen molar-refractivity contribution >= 4 is 63.0 Å². The summed E-state index contributed by atoms with van der Waals surface area (Å²) in [5.74, 6) is -0.429. The van der Waals surface area contributed by atoms with Gasteiger partial charge in [0.15, 0.2) is 0 Å². The quantitative estimate of drug-likeness (QED) is 0.481. The van der Waals surface area contributed by atoms with E-state index in [2.05, 4.69) is 0 Å². The topological polar surface area (TPSA) is 49.9 Å². The Morgan fingerprint density at radius 1 is 1.06 bits per heavy atom. The molecule has 2 amide bonds. The third kappa shape index (κ3) is 3.69. The van der Waals surface area contributed by atoms with Gasteiger partial charge in [-0.1, -0.05) is 72.0 Å². The van der Waals surface area contributed by atoms with Gasteiger partial charge in [-0.2, -0.15) is 0 Å². The van der Waals surface area contributed by atoms with Crippen LogP contribution in [0.5, 0.6) is 0 Å². The highest BCUT2D eigenvalue weighted by Crippen LogP contribution is 2.45. The van der Waals surface area contributed by atoms with Gasteiger partial charge < -0.3 is 9.64 Å². The zero-order chi connectivity index (χ0) is 21.5. The molecular weight excluding hydrogens is 452 g/mol. The molecule has 2 aromatic carbocycles. The van der Waals surface area contributed by atoms with E-state index in [4.69, 9.17) is 28.6 Å². The zero-order valence-corrected chi connectivity index (χ0v) is 18.9. The van der Waals surface area contributed by atoms with Crippen molar-refractivity contribution in [2.75, 3.05) is 18.1 Å². The summed E-state index contributed by atoms with van der Waals surface area (Å²) < 4.78 is 6.15. The number of amides is 2. The van der Waals surface area contributed by atoms with Crippen LogP contribution < -0.4 is 4.90 Å². The van der Waals surface area contributed by atoms with Crippen LogP contribution in [-0.4, -0.2) is 40.3 Å². The van der Waals surface area contributed by atoms with E-state index in [1.165, 1.54) is 11.8 Å². The summed E-state index contributed by atoms with van der Waals surface area (Å²) in [5, 5.41) is 0.601. The van der Waals surface area contributed by atoms with Crippen LogP contribution in [0.15, 0.2) is 53.4 Å². The standard InChI is InChI=1S/C23H19ClN2O3S2/c24-17-9-3-1-6-14(17)12-25-18-10-4-2-8-16(18)19(21(25)27)20-22(28)26(23(30)31-20)13-15-7-5-11-29-15/h1-4,6,8-10,15H,5,7,11-13H2/b20-19-. The molecule has 3 aliphatic rings. The van der Waals surface area contributed by atoms with Crippen molar-refractivity contribution in [3.8, 4) is 0 Å². The van der Waals surface area contributed by atoms with Crippen molar-refractivity contribution in [3.63, 3.8) is 0 Å². The second-order valence-electron chi connectivity index (χ2n) is 7.62. The Hall–Kier alpha value is -2.19. The number of halogens is 1. The van der Waals surface area contributed by atoms with Crippen LogP contribution >= 0.6 is 35.6 Å². The third-order valence-corrected chi connectivity index (χ3v) is 7.51. The predicted molar refractivity (Wildman–Crippen MR) is 127 cm³/mol. The van der Waals surface area contributed by atoms with E-state index < -0.39 is 0 Å². The lowest BCUT2D eigenvalue weighted by atomic mass is 10.1. The van der Waals surface area contributed by atoms with Gasteiger partial charge in [0.25, 0.3) is 11.8 Å². The van der Waals surface area contributed by atoms with Crippen LogP contribution in [0.25, 0.3) is 5.57 Å². The van der Waals surface area contributed by atoms with Gasteiger partial charge in [-0.25, -0.2) is 0 Å². The van der Waals surface area contributed by atoms with Gasteiger partial charge in [0.05, 0.1) is 35.4 Å². The molecule has 2 saturated heterocycles. The number of fused-ring (bicyclic) bond motifs is 1. The van der Waals surface area contributed by atoms with Crippen molar-refractivity contribution in [1.82, 2.24) is 4.90 Å². The number of benzene rings is 2. The van der Waals surface area contributed by atoms with Gasteiger partial charge in [-0.3, -0.25) is 14.5 Å². The van der Waals surface area contributed by atoms with Crippen LogP contribution in [0.2, 0.25) is 5.02 Å². The maximum Gasteiger partial charge on any atom is 0.267 e. The molecule has 0 radical (unpaired) electrons. The average Bonchev–Trinajstić information content (AvgIpc) is 3.45. The molecule has 3 heterocycles. The number of thiocarbonyl (C=S) groups is 1. The van der Waals surface area contributed by atoms with Crippen molar-refractivity contribution in [1.29, 1.82) is 0 Å². The fourth-order valence-electron chi connectivity index (χ4n) is 4.15. The molecular formula is C23H19ClN2O3S2. The Bertz CT molecular complexity index is 1130. The minimum atomic E-state index is -0.219. The summed E-state index contributed by atoms with van der Waals surface area (Å²) >= 11 is 13.0. The van der Waals surface area contributed by atoms with Crippen LogP contribution in [0, 0.1) is 0 Å². The van der Waals surface area contributed by atoms with Gasteiger partial charge in [0, 0.05) is 17.2 Å². The van der Waals surface area contributed by atoms with Gasteiger partial charge in [0.1, 0.15) is 4.32 Å². The maximum atomic E-state index is 13.5. The van der Waals surface area contributed by atoms with E-state index in [0.717, 1.165) is 29.7 Å². The predicted octanol–water partition coefficient (Wildman–Crippen LogP) is 4.64. The Labute approximate surface area is 195 Å². The molecule has 0 bridgehead atoms. The lowest BCUT2D eigenvalue weighted by molar-refractivity contribution is -0.123. The highest BCUT2D eigenvalue weighted by atomic mass is 35.5. The van der Waals surface area contributed by atoms with Gasteiger partial charge in [-0.15, -0.1) is 0 Å². The third-order valence-electron chi connectivity index (χ3n) is 5.70. The van der Waals surface area contributed by atoms with Gasteiger partial charge >= 0.3 is 0 Å². The number of nitrogens with zero attached hydrogens (tertiary/aromatic N) is 2. The van der Waals surface area contributed by atoms with E-state index >= 15 is 0 Å². The number of rotatable bonds is 4. The molecule has 1 unspecified atom stereocenters. The van der Waals surface area contributed by atoms with Crippen LogP contribution in [0.1, 0.15) is 24.0 Å². The number of carbonyl (C=O) groups is 2. The molecule has 1 atom stereocenters. The second kappa shape index (κ2) is 8.39. The minimum Gasteiger partial charge on any atom is -0.376 e. The zero-order valence-electron chi connectivity index (χ0n) is 16.5. The molecule has 3 aliphatic heterocycles. The fraction of sp³-hybridized carbons (Fsp3) is 0.261. The highest BCUT2D eigenvalue weighted by molar-refractivity contribution is 8.26. The number of carbonyl (C=O) groups excluding carboxylic acids is 2. The molecule has 0 aliphatic carbocycles. The number of thioether (sulfide) groups is 1. The number of hydrogen-bond acceptors (Lipinski definition) is 5. The minimum absolute atomic E-state index is 0.00450. The molecule has 0 saturated carbocycles. The monoisotopic (exact) mass is 470 g/mol. The van der Waals surface area contributed by atoms with Gasteiger partial charge in [0.2, 0.25) is 0 Å². The van der Waals surface area contributed by atoms with Crippen molar-refractivity contribution < 1.29 is 14.3 Å². The van der Waals surface area contributed by atoms with E-state index in [1.807, 2.05) is 42.5 Å². The molecule has 0 aromatic heterocycles. The number of hydrogen-bond donors (Lipinski definition) is 0. The van der Waals surface area contributed by atoms with Crippen molar-refractivity contribution in [3.05, 3.63) is 69.6 Å². The largest absolute Gasteiger partial charge is 0.376 e. The van der Waals surface area contributed by atoms with Crippen LogP contribution in [0.3, 0.4) is 0 Å². The summed E-state index contributed by atoms with van der Waals surface area (Å²) in [6.45, 7) is 1.47. The first-order valence-electron chi connectivity index (χ1n) is 10.1. The fourth-order valence-corrected chi connectivity index (χ4v) is 5.69. The highest BCUT2D eigenvalue weighted by Gasteiger charge is 2.42. The summed E-state index contributed by atoms with van der Waals surface area (Å²) in [6.07, 6.45) is 1.90. The Kier molecular flexibility index (Phi) is 5.60. The average molecular weight is 471 g/mol. The normalized spacial score (nSPS) is 23.3. The molecule has 0 spiro atoms. The molecule has 5 rings (SSSR count). The van der Waals surface area contributed by atoms with Crippen molar-refractivity contribution in [2.45, 2.75) is 25.5 Å². The van der Waals surface area contributed by atoms with E-state index in [9.17, 15) is 9.59 Å². The molecule has 5 nitrogen and oxygen atoms in total. The smallest absolute Gasteiger partial charge is 0.267 e. The van der Waals surface area contributed by atoms with E-state index in [-0.39, 0.29) is 17.9 Å². The molecule has 31 heavy (non-hydrogen) atoms. The van der Waals surface area contributed by atoms with Crippen LogP contribution in [-0.2, 0) is 20.9 Å². The first-order chi connectivity index (χ1) is 15.0. The number of para-hydroxylation sites is 1. The van der Waals surface area contributed by atoms with Gasteiger partial charge in [-0.05, 0) is 30.5 Å². The number of ether oxygens (including phenoxy) is 1. The summed E-state index contributed by atoms with van der Waals surface area (Å²) in [7, 11) is 0. The Balaban J connectivity index is 1.51. The summed E-state index contributed by atoms with van der Waals surface area (Å²) in [4.78, 5) is 30.5. The van der Waals surface area contributed by atoms with E-state index in [0.29, 0.717) is 39.5 Å².